The Bertz CT molecular complexity index is 716. The molecule has 0 atom stereocenters. The predicted molar refractivity (Wildman–Crippen MR) is 91.9 cm³/mol. The average Bonchev–Trinajstić information content (AvgIpc) is 2.88. The zero-order valence-electron chi connectivity index (χ0n) is 14.9. The molecular weight excluding hydrogens is 340 g/mol. The van der Waals surface area contributed by atoms with Gasteiger partial charge in [-0.15, -0.1) is 0 Å². The Labute approximate surface area is 151 Å². The summed E-state index contributed by atoms with van der Waals surface area (Å²) in [5, 5.41) is 2.52. The fourth-order valence-corrected chi connectivity index (χ4v) is 2.49. The molecule has 1 aromatic carbocycles. The number of benzene rings is 1. The highest BCUT2D eigenvalue weighted by molar-refractivity contribution is 6.21. The molecule has 0 radical (unpaired) electrons. The molecule has 26 heavy (non-hydrogen) atoms. The number of imide groups is 1. The summed E-state index contributed by atoms with van der Waals surface area (Å²) in [5.41, 5.74) is 0.581. The van der Waals surface area contributed by atoms with E-state index in [2.05, 4.69) is 5.32 Å². The molecule has 0 saturated heterocycles. The van der Waals surface area contributed by atoms with Gasteiger partial charge in [-0.25, -0.2) is 4.79 Å². The highest BCUT2D eigenvalue weighted by Gasteiger charge is 2.35. The fraction of sp³-hybridized carbons (Fsp3) is 0.444. The molecule has 0 aromatic heterocycles. The minimum Gasteiger partial charge on any atom is -0.452 e. The van der Waals surface area contributed by atoms with Crippen LogP contribution in [0.2, 0.25) is 0 Å². The minimum atomic E-state index is -0.734. The largest absolute Gasteiger partial charge is 0.452 e. The van der Waals surface area contributed by atoms with Crippen molar-refractivity contribution in [3.05, 3.63) is 34.9 Å². The number of rotatable bonds is 9. The van der Waals surface area contributed by atoms with Crippen LogP contribution in [0.5, 0.6) is 0 Å². The van der Waals surface area contributed by atoms with E-state index < -0.39 is 24.4 Å². The molecule has 0 spiro atoms. The quantitative estimate of drug-likeness (QED) is 0.399. The minimum absolute atomic E-state index is 0.118. The van der Waals surface area contributed by atoms with E-state index in [-0.39, 0.29) is 22.6 Å². The Morgan fingerprint density at radius 1 is 1.15 bits per heavy atom. The van der Waals surface area contributed by atoms with Gasteiger partial charge in [-0.05, 0) is 24.6 Å². The SMILES string of the molecule is CCCCN1C(=O)c2ccc(C(=O)OCC(=O)NCCOC)cc2C1=O. The number of esters is 1. The van der Waals surface area contributed by atoms with E-state index in [4.69, 9.17) is 9.47 Å². The van der Waals surface area contributed by atoms with Crippen molar-refractivity contribution >= 4 is 23.7 Å². The molecular formula is C18H22N2O6. The number of ether oxygens (including phenoxy) is 2. The van der Waals surface area contributed by atoms with E-state index in [0.29, 0.717) is 19.7 Å². The van der Waals surface area contributed by atoms with E-state index in [1.165, 1.54) is 30.2 Å². The second kappa shape index (κ2) is 9.10. The summed E-state index contributed by atoms with van der Waals surface area (Å²) in [4.78, 5) is 49.4. The van der Waals surface area contributed by atoms with E-state index >= 15 is 0 Å². The summed E-state index contributed by atoms with van der Waals surface area (Å²) >= 11 is 0. The number of carbonyl (C=O) groups excluding carboxylic acids is 4. The lowest BCUT2D eigenvalue weighted by molar-refractivity contribution is -0.124. The highest BCUT2D eigenvalue weighted by atomic mass is 16.5. The third-order valence-electron chi connectivity index (χ3n) is 3.90. The van der Waals surface area contributed by atoms with Crippen molar-refractivity contribution in [1.82, 2.24) is 10.2 Å². The molecule has 0 fully saturated rings. The lowest BCUT2D eigenvalue weighted by Crippen LogP contribution is -2.31. The first-order chi connectivity index (χ1) is 12.5. The van der Waals surface area contributed by atoms with Gasteiger partial charge in [-0.2, -0.15) is 0 Å². The van der Waals surface area contributed by atoms with Gasteiger partial charge in [0.15, 0.2) is 6.61 Å². The third-order valence-corrected chi connectivity index (χ3v) is 3.90. The van der Waals surface area contributed by atoms with Crippen LogP contribution in [0, 0.1) is 0 Å². The van der Waals surface area contributed by atoms with Crippen molar-refractivity contribution in [3.8, 4) is 0 Å². The van der Waals surface area contributed by atoms with Crippen LogP contribution in [-0.4, -0.2) is 62.0 Å². The van der Waals surface area contributed by atoms with Gasteiger partial charge < -0.3 is 14.8 Å². The molecule has 1 heterocycles. The summed E-state index contributed by atoms with van der Waals surface area (Å²) in [6.45, 7) is 2.56. The molecule has 8 heteroatoms. The number of nitrogens with zero attached hydrogens (tertiary/aromatic N) is 1. The van der Waals surface area contributed by atoms with Crippen molar-refractivity contribution in [2.24, 2.45) is 0 Å². The molecule has 3 amide bonds. The number of carbonyl (C=O) groups is 4. The maximum Gasteiger partial charge on any atom is 0.338 e. The van der Waals surface area contributed by atoms with Gasteiger partial charge >= 0.3 is 5.97 Å². The molecule has 1 aliphatic heterocycles. The molecule has 1 aliphatic rings. The van der Waals surface area contributed by atoms with Gasteiger partial charge in [0.2, 0.25) is 0 Å². The summed E-state index contributed by atoms with van der Waals surface area (Å²) in [5.74, 6) is -1.95. The van der Waals surface area contributed by atoms with Crippen LogP contribution in [0.15, 0.2) is 18.2 Å². The van der Waals surface area contributed by atoms with Gasteiger partial charge in [-0.1, -0.05) is 13.3 Å². The van der Waals surface area contributed by atoms with Crippen molar-refractivity contribution in [2.75, 3.05) is 33.4 Å². The molecule has 140 valence electrons. The second-order valence-electron chi connectivity index (χ2n) is 5.79. The van der Waals surface area contributed by atoms with E-state index in [0.717, 1.165) is 12.8 Å². The topological polar surface area (TPSA) is 102 Å². The molecule has 0 unspecified atom stereocenters. The lowest BCUT2D eigenvalue weighted by atomic mass is 10.1. The maximum atomic E-state index is 12.4. The Morgan fingerprint density at radius 2 is 1.88 bits per heavy atom. The Morgan fingerprint density at radius 3 is 2.58 bits per heavy atom. The number of amides is 3. The van der Waals surface area contributed by atoms with Crippen LogP contribution in [0.25, 0.3) is 0 Å². The number of unbranched alkanes of at least 4 members (excludes halogenated alkanes) is 1. The van der Waals surface area contributed by atoms with Crippen LogP contribution in [0.1, 0.15) is 50.8 Å². The van der Waals surface area contributed by atoms with Crippen molar-refractivity contribution in [2.45, 2.75) is 19.8 Å². The van der Waals surface area contributed by atoms with Crippen LogP contribution in [0.3, 0.4) is 0 Å². The highest BCUT2D eigenvalue weighted by Crippen LogP contribution is 2.24. The standard InChI is InChI=1S/C18H22N2O6/c1-3-4-8-20-16(22)13-6-5-12(10-14(13)17(20)23)18(24)26-11-15(21)19-7-9-25-2/h5-6,10H,3-4,7-9,11H2,1-2H3,(H,19,21). The predicted octanol–water partition coefficient (Wildman–Crippen LogP) is 1.00. The van der Waals surface area contributed by atoms with Gasteiger partial charge in [0, 0.05) is 20.2 Å². The molecule has 0 bridgehead atoms. The van der Waals surface area contributed by atoms with Crippen LogP contribution < -0.4 is 5.32 Å². The Balaban J connectivity index is 2.00. The summed E-state index contributed by atoms with van der Waals surface area (Å²) in [6, 6.07) is 4.20. The van der Waals surface area contributed by atoms with Crippen molar-refractivity contribution in [1.29, 1.82) is 0 Å². The second-order valence-corrected chi connectivity index (χ2v) is 5.79. The summed E-state index contributed by atoms with van der Waals surface area (Å²) in [6.07, 6.45) is 1.58. The molecule has 1 aromatic rings. The molecule has 1 N–H and O–H groups in total. The van der Waals surface area contributed by atoms with Gasteiger partial charge in [0.1, 0.15) is 0 Å². The van der Waals surface area contributed by atoms with E-state index in [9.17, 15) is 19.2 Å². The Hall–Kier alpha value is -2.74. The smallest absolute Gasteiger partial charge is 0.338 e. The number of hydrogen-bond acceptors (Lipinski definition) is 6. The molecule has 8 nitrogen and oxygen atoms in total. The van der Waals surface area contributed by atoms with Gasteiger partial charge in [0.05, 0.1) is 23.3 Å². The zero-order valence-corrected chi connectivity index (χ0v) is 14.9. The maximum absolute atomic E-state index is 12.4. The summed E-state index contributed by atoms with van der Waals surface area (Å²) in [7, 11) is 1.51. The van der Waals surface area contributed by atoms with E-state index in [1.54, 1.807) is 0 Å². The number of methoxy groups -OCH3 is 1. The molecule has 0 aliphatic carbocycles. The van der Waals surface area contributed by atoms with Crippen LogP contribution in [-0.2, 0) is 14.3 Å². The van der Waals surface area contributed by atoms with Crippen molar-refractivity contribution < 1.29 is 28.7 Å². The van der Waals surface area contributed by atoms with E-state index in [1.807, 2.05) is 6.92 Å². The first kappa shape index (κ1) is 19.6. The van der Waals surface area contributed by atoms with Crippen LogP contribution in [0.4, 0.5) is 0 Å². The summed E-state index contributed by atoms with van der Waals surface area (Å²) < 4.78 is 9.73. The average molecular weight is 362 g/mol. The first-order valence-electron chi connectivity index (χ1n) is 8.42. The van der Waals surface area contributed by atoms with Crippen LogP contribution >= 0.6 is 0 Å². The Kier molecular flexibility index (Phi) is 6.85. The third kappa shape index (κ3) is 4.45. The monoisotopic (exact) mass is 362 g/mol. The zero-order chi connectivity index (χ0) is 19.1. The number of fused-ring (bicyclic) bond motifs is 1. The van der Waals surface area contributed by atoms with Gasteiger partial charge in [-0.3, -0.25) is 19.3 Å². The normalized spacial score (nSPS) is 12.9. The van der Waals surface area contributed by atoms with Gasteiger partial charge in [0.25, 0.3) is 17.7 Å². The molecule has 0 saturated carbocycles. The fourth-order valence-electron chi connectivity index (χ4n) is 2.49. The number of nitrogens with one attached hydrogen (secondary N) is 1. The number of hydrogen-bond donors (Lipinski definition) is 1. The lowest BCUT2D eigenvalue weighted by Gasteiger charge is -2.12. The molecule has 2 rings (SSSR count). The first-order valence-corrected chi connectivity index (χ1v) is 8.42. The van der Waals surface area contributed by atoms with Crippen molar-refractivity contribution in [3.63, 3.8) is 0 Å².